The second-order valence-corrected chi connectivity index (χ2v) is 8.70. The van der Waals surface area contributed by atoms with Crippen LogP contribution >= 0.6 is 0 Å². The number of nitriles is 1. The van der Waals surface area contributed by atoms with Gasteiger partial charge in [0.15, 0.2) is 0 Å². The Morgan fingerprint density at radius 3 is 2.44 bits per heavy atom. The maximum Gasteiger partial charge on any atom is 0.292 e. The number of benzene rings is 1. The van der Waals surface area contributed by atoms with E-state index >= 15 is 0 Å². The summed E-state index contributed by atoms with van der Waals surface area (Å²) in [5.74, 6) is 0.437. The van der Waals surface area contributed by atoms with Crippen LogP contribution in [0, 0.1) is 27.4 Å². The van der Waals surface area contributed by atoms with Crippen molar-refractivity contribution in [1.82, 2.24) is 0 Å². The molecule has 2 fully saturated rings. The molecule has 1 aromatic carbocycles. The van der Waals surface area contributed by atoms with Crippen LogP contribution in [0.5, 0.6) is 0 Å². The third-order valence-electron chi connectivity index (χ3n) is 6.28. The molecule has 5 nitrogen and oxygen atoms in total. The predicted octanol–water partition coefficient (Wildman–Crippen LogP) is 5.73. The van der Waals surface area contributed by atoms with E-state index in [2.05, 4.69) is 24.8 Å². The zero-order chi connectivity index (χ0) is 19.4. The molecule has 0 heterocycles. The minimum Gasteiger partial charge on any atom is -0.363 e. The Bertz CT molecular complexity index is 711. The van der Waals surface area contributed by atoms with Crippen LogP contribution in [0.15, 0.2) is 18.2 Å². The topological polar surface area (TPSA) is 70.2 Å². The van der Waals surface area contributed by atoms with Gasteiger partial charge in [-0.3, -0.25) is 10.1 Å². The summed E-state index contributed by atoms with van der Waals surface area (Å²) in [7, 11) is 0. The molecule has 5 heteroatoms. The summed E-state index contributed by atoms with van der Waals surface area (Å²) < 4.78 is 0. The van der Waals surface area contributed by atoms with Crippen molar-refractivity contribution in [1.29, 1.82) is 5.26 Å². The Labute approximate surface area is 162 Å². The summed E-state index contributed by atoms with van der Waals surface area (Å²) in [4.78, 5) is 14.0. The first kappa shape index (κ1) is 19.7. The smallest absolute Gasteiger partial charge is 0.292 e. The van der Waals surface area contributed by atoms with Crippen LogP contribution in [0.3, 0.4) is 0 Å². The van der Waals surface area contributed by atoms with Gasteiger partial charge in [0.05, 0.1) is 16.4 Å². The summed E-state index contributed by atoms with van der Waals surface area (Å²) in [5.41, 5.74) is 1.18. The molecule has 0 saturated heterocycles. The first-order chi connectivity index (χ1) is 13.0. The minimum absolute atomic E-state index is 0.167. The average Bonchev–Trinajstić information content (AvgIpc) is 3.16. The Morgan fingerprint density at radius 1 is 1.22 bits per heavy atom. The minimum atomic E-state index is -0.545. The molecular formula is C22H31N3O2. The second-order valence-electron chi connectivity index (χ2n) is 8.70. The van der Waals surface area contributed by atoms with E-state index in [1.807, 2.05) is 12.1 Å². The Morgan fingerprint density at radius 2 is 1.89 bits per heavy atom. The largest absolute Gasteiger partial charge is 0.363 e. The molecule has 0 spiro atoms. The van der Waals surface area contributed by atoms with Crippen molar-refractivity contribution in [3.05, 3.63) is 33.9 Å². The van der Waals surface area contributed by atoms with Crippen molar-refractivity contribution < 1.29 is 4.92 Å². The van der Waals surface area contributed by atoms with Crippen LogP contribution in [0.4, 0.5) is 11.4 Å². The molecular weight excluding hydrogens is 338 g/mol. The van der Waals surface area contributed by atoms with Crippen LogP contribution in [0.2, 0.25) is 0 Å². The number of anilines is 1. The van der Waals surface area contributed by atoms with E-state index in [9.17, 15) is 15.4 Å². The van der Waals surface area contributed by atoms with Gasteiger partial charge in [0.1, 0.15) is 5.69 Å². The molecule has 27 heavy (non-hydrogen) atoms. The van der Waals surface area contributed by atoms with Crippen molar-refractivity contribution in [3.63, 3.8) is 0 Å². The van der Waals surface area contributed by atoms with E-state index in [4.69, 9.17) is 0 Å². The van der Waals surface area contributed by atoms with Gasteiger partial charge >= 0.3 is 0 Å². The second kappa shape index (κ2) is 8.29. The molecule has 0 radical (unpaired) electrons. The summed E-state index contributed by atoms with van der Waals surface area (Å²) >= 11 is 0. The van der Waals surface area contributed by atoms with Gasteiger partial charge < -0.3 is 4.90 Å². The van der Waals surface area contributed by atoms with Crippen molar-refractivity contribution in [2.45, 2.75) is 83.1 Å². The first-order valence-corrected chi connectivity index (χ1v) is 10.4. The SMILES string of the molecule is CC(C)CN(c1ccc(C2(C#N)CCCC2)cc1[N+](=O)[O-])C1CCCCC1. The zero-order valence-electron chi connectivity index (χ0n) is 16.6. The highest BCUT2D eigenvalue weighted by Crippen LogP contribution is 2.44. The molecule has 2 aliphatic carbocycles. The summed E-state index contributed by atoms with van der Waals surface area (Å²) in [6, 6.07) is 8.44. The standard InChI is InChI=1S/C22H31N3O2/c1-17(2)15-24(19-8-4-3-5-9-19)20-11-10-18(14-21(20)25(26)27)22(16-23)12-6-7-13-22/h10-11,14,17,19H,3-9,12-13,15H2,1-2H3. The average molecular weight is 370 g/mol. The molecule has 2 saturated carbocycles. The molecule has 0 unspecified atom stereocenters. The highest BCUT2D eigenvalue weighted by atomic mass is 16.6. The number of rotatable bonds is 6. The van der Waals surface area contributed by atoms with Gasteiger partial charge in [0.25, 0.3) is 5.69 Å². The van der Waals surface area contributed by atoms with Gasteiger partial charge in [0.2, 0.25) is 0 Å². The third-order valence-corrected chi connectivity index (χ3v) is 6.28. The fourth-order valence-electron chi connectivity index (χ4n) is 4.88. The van der Waals surface area contributed by atoms with Crippen molar-refractivity contribution in [2.75, 3.05) is 11.4 Å². The highest BCUT2D eigenvalue weighted by molar-refractivity contribution is 5.66. The van der Waals surface area contributed by atoms with E-state index in [1.54, 1.807) is 6.07 Å². The van der Waals surface area contributed by atoms with Crippen molar-refractivity contribution in [3.8, 4) is 6.07 Å². The summed E-state index contributed by atoms with van der Waals surface area (Å²) in [5, 5.41) is 21.7. The number of hydrogen-bond donors (Lipinski definition) is 0. The van der Waals surface area contributed by atoms with Crippen LogP contribution in [-0.2, 0) is 5.41 Å². The van der Waals surface area contributed by atoms with Crippen molar-refractivity contribution in [2.24, 2.45) is 5.92 Å². The van der Waals surface area contributed by atoms with E-state index in [-0.39, 0.29) is 10.6 Å². The van der Waals surface area contributed by atoms with E-state index in [0.29, 0.717) is 12.0 Å². The highest BCUT2D eigenvalue weighted by Gasteiger charge is 2.38. The number of nitro groups is 1. The van der Waals surface area contributed by atoms with Gasteiger partial charge in [-0.1, -0.05) is 52.0 Å². The molecule has 0 aromatic heterocycles. The lowest BCUT2D eigenvalue weighted by atomic mass is 9.80. The van der Waals surface area contributed by atoms with Crippen LogP contribution in [-0.4, -0.2) is 17.5 Å². The lowest BCUT2D eigenvalue weighted by molar-refractivity contribution is -0.384. The molecule has 146 valence electrons. The van der Waals surface area contributed by atoms with E-state index in [1.165, 1.54) is 19.3 Å². The molecule has 0 amide bonds. The molecule has 0 atom stereocenters. The third kappa shape index (κ3) is 4.10. The Balaban J connectivity index is 2.02. The Hall–Kier alpha value is -2.09. The van der Waals surface area contributed by atoms with E-state index < -0.39 is 5.41 Å². The molecule has 3 rings (SSSR count). The summed E-state index contributed by atoms with van der Waals surface area (Å²) in [6.45, 7) is 5.16. The quantitative estimate of drug-likeness (QED) is 0.474. The fourth-order valence-corrected chi connectivity index (χ4v) is 4.88. The molecule has 2 aliphatic rings. The first-order valence-electron chi connectivity index (χ1n) is 10.4. The van der Waals surface area contributed by atoms with Crippen LogP contribution < -0.4 is 4.90 Å². The fraction of sp³-hybridized carbons (Fsp3) is 0.682. The molecule has 0 bridgehead atoms. The molecule has 0 aliphatic heterocycles. The molecule has 0 N–H and O–H groups in total. The number of nitrogens with zero attached hydrogens (tertiary/aromatic N) is 3. The maximum atomic E-state index is 12.0. The zero-order valence-corrected chi connectivity index (χ0v) is 16.6. The predicted molar refractivity (Wildman–Crippen MR) is 108 cm³/mol. The maximum absolute atomic E-state index is 12.0. The van der Waals surface area contributed by atoms with Crippen LogP contribution in [0.25, 0.3) is 0 Å². The monoisotopic (exact) mass is 369 g/mol. The molecule has 1 aromatic rings. The summed E-state index contributed by atoms with van der Waals surface area (Å²) in [6.07, 6.45) is 9.51. The number of hydrogen-bond acceptors (Lipinski definition) is 4. The van der Waals surface area contributed by atoms with Crippen molar-refractivity contribution >= 4 is 11.4 Å². The van der Waals surface area contributed by atoms with Gasteiger partial charge in [-0.05, 0) is 43.2 Å². The van der Waals surface area contributed by atoms with E-state index in [0.717, 1.165) is 56.3 Å². The van der Waals surface area contributed by atoms with Gasteiger partial charge in [-0.25, -0.2) is 0 Å². The number of nitro benzene ring substituents is 1. The van der Waals surface area contributed by atoms with Gasteiger partial charge in [0, 0.05) is 18.7 Å². The Kier molecular flexibility index (Phi) is 6.04. The van der Waals surface area contributed by atoms with Gasteiger partial charge in [-0.2, -0.15) is 5.26 Å². The van der Waals surface area contributed by atoms with Gasteiger partial charge in [-0.15, -0.1) is 0 Å². The lowest BCUT2D eigenvalue weighted by Crippen LogP contribution is -2.39. The van der Waals surface area contributed by atoms with Crippen LogP contribution in [0.1, 0.15) is 77.2 Å². The normalized spacial score (nSPS) is 19.8. The lowest BCUT2D eigenvalue weighted by Gasteiger charge is -2.37.